The van der Waals surface area contributed by atoms with Crippen molar-refractivity contribution in [3.05, 3.63) is 47.5 Å². The maximum atomic E-state index is 5.90. The third-order valence-corrected chi connectivity index (χ3v) is 4.68. The van der Waals surface area contributed by atoms with Crippen LogP contribution in [0.25, 0.3) is 0 Å². The summed E-state index contributed by atoms with van der Waals surface area (Å²) in [4.78, 5) is 8.35. The molecule has 0 spiro atoms. The molecular weight excluding hydrogens is 318 g/mol. The first kappa shape index (κ1) is 16.7. The monoisotopic (exact) mass is 341 g/mol. The average Bonchev–Trinajstić information content (AvgIpc) is 2.61. The Labute approximate surface area is 149 Å². The van der Waals surface area contributed by atoms with Crippen LogP contribution in [0, 0.1) is 0 Å². The molecule has 5 heteroatoms. The number of pyridine rings is 1. The van der Waals surface area contributed by atoms with E-state index in [4.69, 9.17) is 17.0 Å². The number of hydrogen-bond acceptors (Lipinski definition) is 4. The lowest BCUT2D eigenvalue weighted by molar-refractivity contribution is 0.548. The summed E-state index contributed by atoms with van der Waals surface area (Å²) in [5, 5.41) is 0.397. The molecule has 0 saturated carbocycles. The lowest BCUT2D eigenvalue weighted by Crippen LogP contribution is -2.30. The summed E-state index contributed by atoms with van der Waals surface area (Å²) in [5.74, 6) is 2.45. The lowest BCUT2D eigenvalue weighted by atomic mass is 9.92. The van der Waals surface area contributed by atoms with Crippen LogP contribution in [-0.2, 0) is 12.8 Å². The Kier molecular flexibility index (Phi) is 5.00. The highest BCUT2D eigenvalue weighted by Gasteiger charge is 2.14. The fourth-order valence-corrected chi connectivity index (χ4v) is 3.07. The average molecular weight is 341 g/mol. The standard InChI is InChI=1S/C19H23N3OS/c1-21(2)17-9-6-10-18(20-17)22(3)19(24)23-16-12-11-14-7-4-5-8-15(14)13-16/h6,9-13H,4-5,7-8H2,1-3H3. The van der Waals surface area contributed by atoms with E-state index >= 15 is 0 Å². The van der Waals surface area contributed by atoms with Crippen LogP contribution in [0.2, 0.25) is 0 Å². The van der Waals surface area contributed by atoms with E-state index in [1.807, 2.05) is 50.3 Å². The maximum absolute atomic E-state index is 5.90. The van der Waals surface area contributed by atoms with Crippen LogP contribution in [0.15, 0.2) is 36.4 Å². The van der Waals surface area contributed by atoms with Crippen molar-refractivity contribution in [1.29, 1.82) is 0 Å². The molecule has 0 saturated heterocycles. The van der Waals surface area contributed by atoms with E-state index in [0.717, 1.165) is 23.8 Å². The third kappa shape index (κ3) is 3.67. The minimum absolute atomic E-state index is 0.397. The van der Waals surface area contributed by atoms with Crippen LogP contribution in [0.3, 0.4) is 0 Å². The summed E-state index contributed by atoms with van der Waals surface area (Å²) in [6.07, 6.45) is 4.83. The van der Waals surface area contributed by atoms with E-state index in [1.54, 1.807) is 4.90 Å². The number of ether oxygens (including phenoxy) is 1. The number of rotatable bonds is 3. The number of thiocarbonyl (C=S) groups is 1. The third-order valence-electron chi connectivity index (χ3n) is 4.32. The second-order valence-corrected chi connectivity index (χ2v) is 6.66. The molecule has 0 fully saturated rings. The van der Waals surface area contributed by atoms with Crippen molar-refractivity contribution in [3.8, 4) is 5.75 Å². The topological polar surface area (TPSA) is 28.6 Å². The predicted molar refractivity (Wildman–Crippen MR) is 103 cm³/mol. The molecule has 0 amide bonds. The molecule has 1 aromatic carbocycles. The van der Waals surface area contributed by atoms with E-state index < -0.39 is 0 Å². The Bertz CT molecular complexity index is 745. The minimum atomic E-state index is 0.397. The predicted octanol–water partition coefficient (Wildman–Crippen LogP) is 3.83. The van der Waals surface area contributed by atoms with Crippen molar-refractivity contribution >= 4 is 29.0 Å². The molecule has 0 N–H and O–H groups in total. The van der Waals surface area contributed by atoms with Gasteiger partial charge in [0.05, 0.1) is 0 Å². The number of fused-ring (bicyclic) bond motifs is 1. The SMILES string of the molecule is CN(C)c1cccc(N(C)C(=S)Oc2ccc3c(c2)CCCC3)n1. The van der Waals surface area contributed by atoms with Gasteiger partial charge in [0.15, 0.2) is 0 Å². The molecule has 1 aromatic heterocycles. The van der Waals surface area contributed by atoms with Gasteiger partial charge in [0.2, 0.25) is 0 Å². The summed E-state index contributed by atoms with van der Waals surface area (Å²) in [7, 11) is 5.81. The summed E-state index contributed by atoms with van der Waals surface area (Å²) in [6, 6.07) is 12.2. The maximum Gasteiger partial charge on any atom is 0.270 e. The molecule has 126 valence electrons. The van der Waals surface area contributed by atoms with Gasteiger partial charge in [-0.3, -0.25) is 4.90 Å². The summed E-state index contributed by atoms with van der Waals surface area (Å²) >= 11 is 5.45. The molecule has 3 rings (SSSR count). The van der Waals surface area contributed by atoms with E-state index in [-0.39, 0.29) is 0 Å². The molecule has 24 heavy (non-hydrogen) atoms. The van der Waals surface area contributed by atoms with Gasteiger partial charge in [0.25, 0.3) is 5.17 Å². The van der Waals surface area contributed by atoms with Crippen molar-refractivity contribution in [2.75, 3.05) is 30.9 Å². The summed E-state index contributed by atoms with van der Waals surface area (Å²) < 4.78 is 5.90. The number of benzene rings is 1. The van der Waals surface area contributed by atoms with Crippen LogP contribution in [0.5, 0.6) is 5.75 Å². The lowest BCUT2D eigenvalue weighted by Gasteiger charge is -2.22. The highest BCUT2D eigenvalue weighted by Crippen LogP contribution is 2.26. The molecule has 0 unspecified atom stereocenters. The van der Waals surface area contributed by atoms with E-state index in [0.29, 0.717) is 5.17 Å². The highest BCUT2D eigenvalue weighted by molar-refractivity contribution is 7.80. The number of nitrogens with zero attached hydrogens (tertiary/aromatic N) is 3. The van der Waals surface area contributed by atoms with Crippen molar-refractivity contribution in [2.24, 2.45) is 0 Å². The summed E-state index contributed by atoms with van der Waals surface area (Å²) in [6.45, 7) is 0. The molecule has 0 aliphatic heterocycles. The highest BCUT2D eigenvalue weighted by atomic mass is 32.1. The zero-order valence-electron chi connectivity index (χ0n) is 14.5. The first-order chi connectivity index (χ1) is 11.5. The first-order valence-electron chi connectivity index (χ1n) is 8.26. The van der Waals surface area contributed by atoms with E-state index in [2.05, 4.69) is 17.1 Å². The minimum Gasteiger partial charge on any atom is -0.432 e. The quantitative estimate of drug-likeness (QED) is 0.792. The van der Waals surface area contributed by atoms with Crippen molar-refractivity contribution in [2.45, 2.75) is 25.7 Å². The zero-order valence-corrected chi connectivity index (χ0v) is 15.3. The number of hydrogen-bond donors (Lipinski definition) is 0. The first-order valence-corrected chi connectivity index (χ1v) is 8.67. The van der Waals surface area contributed by atoms with Gasteiger partial charge in [-0.15, -0.1) is 0 Å². The normalized spacial score (nSPS) is 13.1. The van der Waals surface area contributed by atoms with Crippen molar-refractivity contribution in [1.82, 2.24) is 4.98 Å². The van der Waals surface area contributed by atoms with Gasteiger partial charge in [-0.1, -0.05) is 12.1 Å². The van der Waals surface area contributed by atoms with Gasteiger partial charge in [0, 0.05) is 21.1 Å². The molecule has 4 nitrogen and oxygen atoms in total. The number of aromatic nitrogens is 1. The zero-order chi connectivity index (χ0) is 17.1. The van der Waals surface area contributed by atoms with E-state index in [9.17, 15) is 0 Å². The van der Waals surface area contributed by atoms with Crippen LogP contribution in [0.4, 0.5) is 11.6 Å². The largest absolute Gasteiger partial charge is 0.432 e. The van der Waals surface area contributed by atoms with Crippen LogP contribution < -0.4 is 14.5 Å². The summed E-state index contributed by atoms with van der Waals surface area (Å²) in [5.41, 5.74) is 2.82. The van der Waals surface area contributed by atoms with Crippen LogP contribution in [0.1, 0.15) is 24.0 Å². The van der Waals surface area contributed by atoms with Gasteiger partial charge in [-0.05, 0) is 73.3 Å². The second-order valence-electron chi connectivity index (χ2n) is 6.31. The fourth-order valence-electron chi connectivity index (χ4n) is 2.88. The van der Waals surface area contributed by atoms with Gasteiger partial charge in [-0.2, -0.15) is 0 Å². The molecule has 1 aliphatic rings. The van der Waals surface area contributed by atoms with Crippen molar-refractivity contribution in [3.63, 3.8) is 0 Å². The molecule has 0 bridgehead atoms. The molecule has 1 aliphatic carbocycles. The fraction of sp³-hybridized carbons (Fsp3) is 0.368. The Morgan fingerprint density at radius 2 is 1.71 bits per heavy atom. The Morgan fingerprint density at radius 3 is 2.46 bits per heavy atom. The van der Waals surface area contributed by atoms with Gasteiger partial charge < -0.3 is 9.64 Å². The van der Waals surface area contributed by atoms with Crippen LogP contribution in [-0.4, -0.2) is 31.3 Å². The Hall–Kier alpha value is -2.14. The smallest absolute Gasteiger partial charge is 0.270 e. The Morgan fingerprint density at radius 1 is 1.00 bits per heavy atom. The molecule has 2 aromatic rings. The number of aryl methyl sites for hydroxylation is 2. The van der Waals surface area contributed by atoms with Crippen LogP contribution >= 0.6 is 12.2 Å². The molecule has 0 atom stereocenters. The Balaban J connectivity index is 1.73. The molecule has 0 radical (unpaired) electrons. The van der Waals surface area contributed by atoms with Gasteiger partial charge >= 0.3 is 0 Å². The number of anilines is 2. The molecular formula is C19H23N3OS. The van der Waals surface area contributed by atoms with Gasteiger partial charge in [-0.25, -0.2) is 4.98 Å². The molecule has 1 heterocycles. The van der Waals surface area contributed by atoms with Gasteiger partial charge in [0.1, 0.15) is 17.4 Å². The van der Waals surface area contributed by atoms with Crippen molar-refractivity contribution < 1.29 is 4.74 Å². The van der Waals surface area contributed by atoms with E-state index in [1.165, 1.54) is 30.4 Å². The second kappa shape index (κ2) is 7.18.